The van der Waals surface area contributed by atoms with Gasteiger partial charge in [0.2, 0.25) is 11.7 Å². The van der Waals surface area contributed by atoms with E-state index < -0.39 is 0 Å². The number of methoxy groups -OCH3 is 1. The van der Waals surface area contributed by atoms with Crippen molar-refractivity contribution in [3.8, 4) is 17.3 Å². The van der Waals surface area contributed by atoms with E-state index in [1.807, 2.05) is 42.5 Å². The van der Waals surface area contributed by atoms with Crippen molar-refractivity contribution in [1.29, 1.82) is 0 Å². The molecule has 0 radical (unpaired) electrons. The van der Waals surface area contributed by atoms with Gasteiger partial charge in [-0.3, -0.25) is 9.78 Å². The number of amides is 1. The average molecular weight is 375 g/mol. The zero-order valence-corrected chi connectivity index (χ0v) is 15.1. The standard InChI is InChI=1S/C20H17N5O3/c1-27-14-6-5-12-8-17(22-16(12)9-14)20(26)25-10-13(11-25)19-23-18(24-28-19)15-4-2-3-7-21-15/h2-9,13,22H,10-11H2,1H3. The molecule has 8 heteroatoms. The summed E-state index contributed by atoms with van der Waals surface area (Å²) in [4.78, 5) is 26.3. The quantitative estimate of drug-likeness (QED) is 0.589. The van der Waals surface area contributed by atoms with E-state index in [0.29, 0.717) is 36.2 Å². The molecule has 0 bridgehead atoms. The maximum Gasteiger partial charge on any atom is 0.270 e. The van der Waals surface area contributed by atoms with Gasteiger partial charge >= 0.3 is 0 Å². The molecule has 28 heavy (non-hydrogen) atoms. The van der Waals surface area contributed by atoms with Gasteiger partial charge < -0.3 is 19.1 Å². The van der Waals surface area contributed by atoms with Crippen LogP contribution in [-0.4, -0.2) is 51.1 Å². The summed E-state index contributed by atoms with van der Waals surface area (Å²) >= 11 is 0. The monoisotopic (exact) mass is 375 g/mol. The van der Waals surface area contributed by atoms with Crippen LogP contribution in [-0.2, 0) is 0 Å². The summed E-state index contributed by atoms with van der Waals surface area (Å²) in [6.45, 7) is 1.09. The first-order valence-corrected chi connectivity index (χ1v) is 8.92. The molecule has 1 aliphatic rings. The van der Waals surface area contributed by atoms with Gasteiger partial charge in [0.05, 0.1) is 13.0 Å². The largest absolute Gasteiger partial charge is 0.497 e. The molecule has 1 aliphatic heterocycles. The average Bonchev–Trinajstić information content (AvgIpc) is 3.34. The van der Waals surface area contributed by atoms with Crippen molar-refractivity contribution in [2.24, 2.45) is 0 Å². The molecule has 0 atom stereocenters. The van der Waals surface area contributed by atoms with Gasteiger partial charge in [-0.25, -0.2) is 0 Å². The zero-order chi connectivity index (χ0) is 19.1. The third-order valence-electron chi connectivity index (χ3n) is 4.91. The molecule has 3 aromatic heterocycles. The predicted molar refractivity (Wildman–Crippen MR) is 101 cm³/mol. The second kappa shape index (κ2) is 6.49. The number of nitrogens with one attached hydrogen (secondary N) is 1. The van der Waals surface area contributed by atoms with Crippen LogP contribution >= 0.6 is 0 Å². The van der Waals surface area contributed by atoms with E-state index in [2.05, 4.69) is 20.1 Å². The fraction of sp³-hybridized carbons (Fsp3) is 0.200. The molecular formula is C20H17N5O3. The Morgan fingerprint density at radius 3 is 2.93 bits per heavy atom. The van der Waals surface area contributed by atoms with Gasteiger partial charge in [-0.2, -0.15) is 4.98 Å². The highest BCUT2D eigenvalue weighted by Gasteiger charge is 2.36. The van der Waals surface area contributed by atoms with E-state index in [1.165, 1.54) is 0 Å². The molecule has 1 amide bonds. The lowest BCUT2D eigenvalue weighted by Gasteiger charge is -2.36. The maximum absolute atomic E-state index is 12.7. The lowest BCUT2D eigenvalue weighted by Crippen LogP contribution is -2.48. The van der Waals surface area contributed by atoms with Crippen molar-refractivity contribution in [1.82, 2.24) is 25.0 Å². The Labute approximate surface area is 160 Å². The Hall–Kier alpha value is -3.68. The normalized spacial score (nSPS) is 14.2. The minimum absolute atomic E-state index is 0.0402. The van der Waals surface area contributed by atoms with Gasteiger partial charge in [0.15, 0.2) is 0 Å². The Bertz CT molecular complexity index is 1150. The molecular weight excluding hydrogens is 358 g/mol. The third kappa shape index (κ3) is 2.79. The summed E-state index contributed by atoms with van der Waals surface area (Å²) in [5.74, 6) is 1.74. The Kier molecular flexibility index (Phi) is 3.82. The number of aromatic amines is 1. The van der Waals surface area contributed by atoms with Crippen molar-refractivity contribution < 1.29 is 14.1 Å². The third-order valence-corrected chi connectivity index (χ3v) is 4.91. The molecule has 4 heterocycles. The minimum atomic E-state index is -0.0455. The number of pyridine rings is 1. The van der Waals surface area contributed by atoms with Crippen molar-refractivity contribution >= 4 is 16.8 Å². The number of ether oxygens (including phenoxy) is 1. The van der Waals surface area contributed by atoms with Crippen LogP contribution in [0.4, 0.5) is 0 Å². The molecule has 0 spiro atoms. The summed E-state index contributed by atoms with van der Waals surface area (Å²) in [6, 6.07) is 13.1. The fourth-order valence-electron chi connectivity index (χ4n) is 3.32. The summed E-state index contributed by atoms with van der Waals surface area (Å²) in [6.07, 6.45) is 1.69. The molecule has 140 valence electrons. The van der Waals surface area contributed by atoms with E-state index in [9.17, 15) is 4.79 Å². The van der Waals surface area contributed by atoms with Crippen LogP contribution in [0.5, 0.6) is 5.75 Å². The van der Waals surface area contributed by atoms with Gasteiger partial charge in [0.1, 0.15) is 17.1 Å². The number of hydrogen-bond acceptors (Lipinski definition) is 6. The van der Waals surface area contributed by atoms with Crippen LogP contribution in [0, 0.1) is 0 Å². The number of benzene rings is 1. The van der Waals surface area contributed by atoms with Crippen LogP contribution < -0.4 is 4.74 Å². The first-order chi connectivity index (χ1) is 13.7. The zero-order valence-electron chi connectivity index (χ0n) is 15.1. The van der Waals surface area contributed by atoms with Crippen LogP contribution in [0.2, 0.25) is 0 Å². The maximum atomic E-state index is 12.7. The Balaban J connectivity index is 1.28. The van der Waals surface area contributed by atoms with E-state index in [0.717, 1.165) is 16.7 Å². The van der Waals surface area contributed by atoms with Crippen LogP contribution in [0.3, 0.4) is 0 Å². The first-order valence-electron chi connectivity index (χ1n) is 8.92. The topological polar surface area (TPSA) is 97.1 Å². The number of aromatic nitrogens is 4. The number of fused-ring (bicyclic) bond motifs is 1. The molecule has 1 N–H and O–H groups in total. The summed E-state index contributed by atoms with van der Waals surface area (Å²) < 4.78 is 10.6. The Morgan fingerprint density at radius 2 is 2.14 bits per heavy atom. The van der Waals surface area contributed by atoms with E-state index in [1.54, 1.807) is 18.2 Å². The molecule has 0 aliphatic carbocycles. The second-order valence-corrected chi connectivity index (χ2v) is 6.71. The Morgan fingerprint density at radius 1 is 1.25 bits per heavy atom. The number of H-pyrrole nitrogens is 1. The lowest BCUT2D eigenvalue weighted by molar-refractivity contribution is 0.0564. The summed E-state index contributed by atoms with van der Waals surface area (Å²) in [5.41, 5.74) is 2.09. The molecule has 1 aromatic carbocycles. The van der Waals surface area contributed by atoms with Gasteiger partial charge in [0.25, 0.3) is 5.91 Å². The predicted octanol–water partition coefficient (Wildman–Crippen LogP) is 2.86. The van der Waals surface area contributed by atoms with Crippen molar-refractivity contribution in [3.63, 3.8) is 0 Å². The number of rotatable bonds is 4. The number of nitrogens with zero attached hydrogens (tertiary/aromatic N) is 4. The highest BCUT2D eigenvalue weighted by molar-refractivity contribution is 5.98. The van der Waals surface area contributed by atoms with Gasteiger partial charge in [0, 0.05) is 36.3 Å². The van der Waals surface area contributed by atoms with E-state index >= 15 is 0 Å². The fourth-order valence-corrected chi connectivity index (χ4v) is 3.32. The molecule has 4 aromatic rings. The van der Waals surface area contributed by atoms with Crippen molar-refractivity contribution in [2.75, 3.05) is 20.2 Å². The highest BCUT2D eigenvalue weighted by Crippen LogP contribution is 2.29. The van der Waals surface area contributed by atoms with E-state index in [-0.39, 0.29) is 11.8 Å². The number of likely N-dealkylation sites (tertiary alicyclic amines) is 1. The molecule has 0 unspecified atom stereocenters. The number of carbonyl (C=O) groups is 1. The van der Waals surface area contributed by atoms with Crippen LogP contribution in [0.1, 0.15) is 22.3 Å². The first kappa shape index (κ1) is 16.5. The van der Waals surface area contributed by atoms with Crippen LogP contribution in [0.15, 0.2) is 53.2 Å². The lowest BCUT2D eigenvalue weighted by atomic mass is 9.99. The van der Waals surface area contributed by atoms with Crippen LogP contribution in [0.25, 0.3) is 22.4 Å². The van der Waals surface area contributed by atoms with Crippen molar-refractivity contribution in [2.45, 2.75) is 5.92 Å². The van der Waals surface area contributed by atoms with Gasteiger partial charge in [-0.1, -0.05) is 11.2 Å². The van der Waals surface area contributed by atoms with Crippen molar-refractivity contribution in [3.05, 3.63) is 60.2 Å². The highest BCUT2D eigenvalue weighted by atomic mass is 16.5. The SMILES string of the molecule is COc1ccc2cc(C(=O)N3CC(c4nc(-c5ccccn5)no4)C3)[nH]c2c1. The van der Waals surface area contributed by atoms with Gasteiger partial charge in [-0.05, 0) is 30.3 Å². The van der Waals surface area contributed by atoms with E-state index in [4.69, 9.17) is 9.26 Å². The molecule has 5 rings (SSSR count). The summed E-state index contributed by atoms with van der Waals surface area (Å²) in [7, 11) is 1.62. The molecule has 0 saturated carbocycles. The van der Waals surface area contributed by atoms with Gasteiger partial charge in [-0.15, -0.1) is 0 Å². The summed E-state index contributed by atoms with van der Waals surface area (Å²) in [5, 5.41) is 4.96. The number of carbonyl (C=O) groups excluding carboxylic acids is 1. The smallest absolute Gasteiger partial charge is 0.270 e. The minimum Gasteiger partial charge on any atom is -0.497 e. The number of hydrogen-bond donors (Lipinski definition) is 1. The molecule has 8 nitrogen and oxygen atoms in total. The molecule has 1 fully saturated rings. The molecule has 1 saturated heterocycles. The second-order valence-electron chi connectivity index (χ2n) is 6.71.